The van der Waals surface area contributed by atoms with Crippen LogP contribution in [0.25, 0.3) is 21.3 Å². The van der Waals surface area contributed by atoms with Crippen molar-refractivity contribution in [1.29, 1.82) is 0 Å². The van der Waals surface area contributed by atoms with E-state index in [-0.39, 0.29) is 18.0 Å². The number of nitrogens with zero attached hydrogens (tertiary/aromatic N) is 3. The molecule has 0 atom stereocenters. The Balaban J connectivity index is 1.71. The molecule has 1 aliphatic heterocycles. The first-order chi connectivity index (χ1) is 12.7. The van der Waals surface area contributed by atoms with Crippen molar-refractivity contribution >= 4 is 27.5 Å². The molecule has 134 valence electrons. The summed E-state index contributed by atoms with van der Waals surface area (Å²) in [4.78, 5) is 32.3. The van der Waals surface area contributed by atoms with E-state index in [4.69, 9.17) is 4.74 Å². The number of fused-ring (bicyclic) bond motifs is 1. The molecule has 1 amide bonds. The zero-order chi connectivity index (χ0) is 18.1. The van der Waals surface area contributed by atoms with E-state index in [2.05, 4.69) is 4.98 Å². The summed E-state index contributed by atoms with van der Waals surface area (Å²) < 4.78 is 6.61. The first kappa shape index (κ1) is 16.8. The number of carbonyl (C=O) groups is 1. The third kappa shape index (κ3) is 2.99. The van der Waals surface area contributed by atoms with E-state index in [9.17, 15) is 9.59 Å². The van der Waals surface area contributed by atoms with Gasteiger partial charge in [0.2, 0.25) is 5.91 Å². The maximum Gasteiger partial charge on any atom is 0.263 e. The van der Waals surface area contributed by atoms with Crippen LogP contribution in [0.15, 0.2) is 40.8 Å². The Kier molecular flexibility index (Phi) is 4.46. The first-order valence-corrected chi connectivity index (χ1v) is 9.44. The Morgan fingerprint density at radius 2 is 1.96 bits per heavy atom. The van der Waals surface area contributed by atoms with Gasteiger partial charge in [-0.15, -0.1) is 11.3 Å². The van der Waals surface area contributed by atoms with Crippen molar-refractivity contribution < 1.29 is 9.53 Å². The quantitative estimate of drug-likeness (QED) is 0.709. The van der Waals surface area contributed by atoms with Gasteiger partial charge in [0.05, 0.1) is 18.8 Å². The Labute approximate surface area is 154 Å². The Morgan fingerprint density at radius 3 is 2.65 bits per heavy atom. The van der Waals surface area contributed by atoms with Crippen molar-refractivity contribution in [2.45, 2.75) is 19.4 Å². The summed E-state index contributed by atoms with van der Waals surface area (Å²) >= 11 is 1.43. The highest BCUT2D eigenvalue weighted by atomic mass is 32.1. The fraction of sp³-hybridized carbons (Fsp3) is 0.316. The third-order valence-corrected chi connectivity index (χ3v) is 5.61. The number of likely N-dealkylation sites (tertiary alicyclic amines) is 1. The molecular weight excluding hydrogens is 350 g/mol. The normalized spacial score (nSPS) is 14.1. The van der Waals surface area contributed by atoms with Crippen LogP contribution in [0.5, 0.6) is 5.75 Å². The molecule has 26 heavy (non-hydrogen) atoms. The van der Waals surface area contributed by atoms with Crippen LogP contribution in [0.2, 0.25) is 0 Å². The lowest BCUT2D eigenvalue weighted by Crippen LogP contribution is -2.34. The molecule has 6 nitrogen and oxygen atoms in total. The molecule has 2 aromatic heterocycles. The van der Waals surface area contributed by atoms with Crippen LogP contribution < -0.4 is 10.3 Å². The summed E-state index contributed by atoms with van der Waals surface area (Å²) in [6, 6.07) is 7.58. The summed E-state index contributed by atoms with van der Waals surface area (Å²) in [6.07, 6.45) is 3.54. The van der Waals surface area contributed by atoms with Crippen LogP contribution in [0.1, 0.15) is 12.8 Å². The maximum absolute atomic E-state index is 13.0. The average Bonchev–Trinajstić information content (AvgIpc) is 3.34. The molecule has 0 saturated carbocycles. The van der Waals surface area contributed by atoms with E-state index in [1.165, 1.54) is 22.2 Å². The predicted molar refractivity (Wildman–Crippen MR) is 102 cm³/mol. The Bertz CT molecular complexity index is 1000. The van der Waals surface area contributed by atoms with Crippen molar-refractivity contribution in [2.24, 2.45) is 0 Å². The lowest BCUT2D eigenvalue weighted by atomic mass is 10.1. The van der Waals surface area contributed by atoms with Crippen LogP contribution in [-0.4, -0.2) is 40.6 Å². The standard InChI is InChI=1S/C19H19N3O3S/c1-25-14-6-4-13(5-7-14)15-11-26-18-17(15)19(24)22(12-20-18)10-16(23)21-8-2-3-9-21/h4-7,11-12H,2-3,8-10H2,1H3. The number of aromatic nitrogens is 2. The van der Waals surface area contributed by atoms with Gasteiger partial charge in [0.1, 0.15) is 17.1 Å². The highest BCUT2D eigenvalue weighted by Gasteiger charge is 2.20. The minimum atomic E-state index is -0.172. The molecule has 3 aromatic rings. The molecule has 0 unspecified atom stereocenters. The van der Waals surface area contributed by atoms with Crippen molar-refractivity contribution in [3.8, 4) is 16.9 Å². The highest BCUT2D eigenvalue weighted by Crippen LogP contribution is 2.31. The fourth-order valence-electron chi connectivity index (χ4n) is 3.28. The van der Waals surface area contributed by atoms with E-state index >= 15 is 0 Å². The van der Waals surface area contributed by atoms with Crippen LogP contribution in [0, 0.1) is 0 Å². The zero-order valence-electron chi connectivity index (χ0n) is 14.5. The number of thiophene rings is 1. The van der Waals surface area contributed by atoms with Gasteiger partial charge in [-0.05, 0) is 30.5 Å². The number of hydrogen-bond donors (Lipinski definition) is 0. The number of amides is 1. The van der Waals surface area contributed by atoms with Crippen LogP contribution in [-0.2, 0) is 11.3 Å². The van der Waals surface area contributed by atoms with Gasteiger partial charge in [0.15, 0.2) is 0 Å². The molecule has 0 radical (unpaired) electrons. The van der Waals surface area contributed by atoms with Gasteiger partial charge in [-0.25, -0.2) is 4.98 Å². The summed E-state index contributed by atoms with van der Waals surface area (Å²) in [5.41, 5.74) is 1.60. The molecule has 3 heterocycles. The van der Waals surface area contributed by atoms with Gasteiger partial charge in [-0.3, -0.25) is 14.2 Å². The average molecular weight is 369 g/mol. The Hall–Kier alpha value is -2.67. The fourth-order valence-corrected chi connectivity index (χ4v) is 4.18. The molecule has 1 aromatic carbocycles. The second-order valence-corrected chi connectivity index (χ2v) is 7.18. The number of carbonyl (C=O) groups excluding carboxylic acids is 1. The van der Waals surface area contributed by atoms with Gasteiger partial charge in [0.25, 0.3) is 5.56 Å². The number of methoxy groups -OCH3 is 1. The number of rotatable bonds is 4. The van der Waals surface area contributed by atoms with Crippen molar-refractivity contribution in [1.82, 2.24) is 14.5 Å². The van der Waals surface area contributed by atoms with Gasteiger partial charge in [-0.2, -0.15) is 0 Å². The Morgan fingerprint density at radius 1 is 1.23 bits per heavy atom. The van der Waals surface area contributed by atoms with E-state index in [1.807, 2.05) is 34.5 Å². The largest absolute Gasteiger partial charge is 0.497 e. The molecule has 1 saturated heterocycles. The third-order valence-electron chi connectivity index (χ3n) is 4.73. The van der Waals surface area contributed by atoms with Crippen LogP contribution in [0.3, 0.4) is 0 Å². The molecule has 4 rings (SSSR count). The zero-order valence-corrected chi connectivity index (χ0v) is 15.3. The minimum Gasteiger partial charge on any atom is -0.497 e. The van der Waals surface area contributed by atoms with E-state index < -0.39 is 0 Å². The van der Waals surface area contributed by atoms with Gasteiger partial charge in [-0.1, -0.05) is 12.1 Å². The molecule has 1 fully saturated rings. The monoisotopic (exact) mass is 369 g/mol. The summed E-state index contributed by atoms with van der Waals surface area (Å²) in [6.45, 7) is 1.59. The first-order valence-electron chi connectivity index (χ1n) is 8.56. The van der Waals surface area contributed by atoms with Crippen LogP contribution in [0.4, 0.5) is 0 Å². The molecular formula is C19H19N3O3S. The summed E-state index contributed by atoms with van der Waals surface area (Å²) in [7, 11) is 1.62. The smallest absolute Gasteiger partial charge is 0.263 e. The second-order valence-electron chi connectivity index (χ2n) is 6.32. The number of hydrogen-bond acceptors (Lipinski definition) is 5. The SMILES string of the molecule is COc1ccc(-c2csc3ncn(CC(=O)N4CCCC4)c(=O)c23)cc1. The number of benzene rings is 1. The summed E-state index contributed by atoms with van der Waals surface area (Å²) in [5, 5.41) is 2.50. The lowest BCUT2D eigenvalue weighted by molar-refractivity contribution is -0.130. The lowest BCUT2D eigenvalue weighted by Gasteiger charge is -2.15. The molecule has 1 aliphatic rings. The second kappa shape index (κ2) is 6.92. The number of ether oxygens (including phenoxy) is 1. The van der Waals surface area contributed by atoms with Crippen molar-refractivity contribution in [3.05, 3.63) is 46.3 Å². The molecule has 7 heteroatoms. The molecule has 0 bridgehead atoms. The minimum absolute atomic E-state index is 0.0213. The topological polar surface area (TPSA) is 64.4 Å². The molecule has 0 spiro atoms. The van der Waals surface area contributed by atoms with Crippen LogP contribution >= 0.6 is 11.3 Å². The van der Waals surface area contributed by atoms with Crippen molar-refractivity contribution in [2.75, 3.05) is 20.2 Å². The van der Waals surface area contributed by atoms with E-state index in [0.29, 0.717) is 10.2 Å². The van der Waals surface area contributed by atoms with Gasteiger partial charge < -0.3 is 9.64 Å². The van der Waals surface area contributed by atoms with E-state index in [1.54, 1.807) is 7.11 Å². The van der Waals surface area contributed by atoms with Gasteiger partial charge in [0, 0.05) is 24.0 Å². The molecule has 0 N–H and O–H groups in total. The molecule has 0 aliphatic carbocycles. The highest BCUT2D eigenvalue weighted by molar-refractivity contribution is 7.17. The summed E-state index contributed by atoms with van der Waals surface area (Å²) in [5.74, 6) is 0.743. The maximum atomic E-state index is 13.0. The van der Waals surface area contributed by atoms with Crippen molar-refractivity contribution in [3.63, 3.8) is 0 Å². The van der Waals surface area contributed by atoms with E-state index in [0.717, 1.165) is 42.8 Å². The van der Waals surface area contributed by atoms with Gasteiger partial charge >= 0.3 is 0 Å². The predicted octanol–water partition coefficient (Wildman–Crippen LogP) is 2.76.